The van der Waals surface area contributed by atoms with Crippen LogP contribution in [0.2, 0.25) is 0 Å². The average Bonchev–Trinajstić information content (AvgIpc) is 2.74. The van der Waals surface area contributed by atoms with Gasteiger partial charge < -0.3 is 15.4 Å². The Balaban J connectivity index is 1.59. The van der Waals surface area contributed by atoms with Gasteiger partial charge in [-0.1, -0.05) is 48.5 Å². The molecule has 1 atom stereocenters. The highest BCUT2D eigenvalue weighted by atomic mass is 16.5. The number of amides is 2. The summed E-state index contributed by atoms with van der Waals surface area (Å²) < 4.78 is 5.15. The molecule has 5 heteroatoms. The molecule has 3 rings (SSSR count). The molecule has 0 aliphatic rings. The zero-order chi connectivity index (χ0) is 18.9. The van der Waals surface area contributed by atoms with E-state index in [9.17, 15) is 4.79 Å². The molecule has 27 heavy (non-hydrogen) atoms. The first-order chi connectivity index (χ1) is 13.3. The number of methoxy groups -OCH3 is 1. The molecule has 0 radical (unpaired) electrons. The summed E-state index contributed by atoms with van der Waals surface area (Å²) in [6.07, 6.45) is 2.48. The Hall–Kier alpha value is -3.34. The van der Waals surface area contributed by atoms with Gasteiger partial charge in [-0.2, -0.15) is 0 Å². The average molecular weight is 361 g/mol. The van der Waals surface area contributed by atoms with Crippen LogP contribution in [-0.2, 0) is 6.42 Å². The molecule has 0 aliphatic heterocycles. The Morgan fingerprint density at radius 3 is 2.41 bits per heavy atom. The van der Waals surface area contributed by atoms with Crippen molar-refractivity contribution in [2.45, 2.75) is 12.5 Å². The summed E-state index contributed by atoms with van der Waals surface area (Å²) in [4.78, 5) is 16.8. The van der Waals surface area contributed by atoms with Gasteiger partial charge in [-0.05, 0) is 41.8 Å². The number of hydrogen-bond donors (Lipinski definition) is 2. The fourth-order valence-electron chi connectivity index (χ4n) is 2.81. The summed E-state index contributed by atoms with van der Waals surface area (Å²) in [5.41, 5.74) is 2.93. The minimum absolute atomic E-state index is 0.219. The van der Waals surface area contributed by atoms with Gasteiger partial charge in [0.25, 0.3) is 0 Å². The van der Waals surface area contributed by atoms with E-state index in [4.69, 9.17) is 4.74 Å². The van der Waals surface area contributed by atoms with Crippen LogP contribution in [-0.4, -0.2) is 24.7 Å². The van der Waals surface area contributed by atoms with E-state index in [2.05, 4.69) is 15.6 Å². The van der Waals surface area contributed by atoms with Crippen molar-refractivity contribution in [2.75, 3.05) is 13.7 Å². The first-order valence-corrected chi connectivity index (χ1v) is 8.89. The molecule has 0 unspecified atom stereocenters. The fourth-order valence-corrected chi connectivity index (χ4v) is 2.81. The van der Waals surface area contributed by atoms with E-state index in [1.807, 2.05) is 72.8 Å². The maximum Gasteiger partial charge on any atom is 0.315 e. The van der Waals surface area contributed by atoms with Crippen LogP contribution < -0.4 is 15.4 Å². The second kappa shape index (κ2) is 9.38. The summed E-state index contributed by atoms with van der Waals surface area (Å²) in [6.45, 7) is 0.544. The van der Waals surface area contributed by atoms with E-state index < -0.39 is 0 Å². The number of benzene rings is 2. The number of carbonyl (C=O) groups is 1. The number of nitrogens with one attached hydrogen (secondary N) is 2. The van der Waals surface area contributed by atoms with E-state index in [1.54, 1.807) is 13.3 Å². The maximum absolute atomic E-state index is 12.4. The number of nitrogens with zero attached hydrogens (tertiary/aromatic N) is 1. The molecular formula is C22H23N3O2. The normalized spacial score (nSPS) is 11.4. The standard InChI is InChI=1S/C22H23N3O2/c1-27-19-12-10-17(11-13-19)14-16-24-22(26)25-21(18-7-3-2-4-8-18)20-9-5-6-15-23-20/h2-13,15,21H,14,16H2,1H3,(H2,24,25,26)/t21-/m0/s1. The molecule has 2 amide bonds. The predicted octanol–water partition coefficient (Wildman–Crippen LogP) is 3.72. The Labute approximate surface area is 159 Å². The van der Waals surface area contributed by atoms with Crippen LogP contribution in [0.15, 0.2) is 79.0 Å². The quantitative estimate of drug-likeness (QED) is 0.674. The summed E-state index contributed by atoms with van der Waals surface area (Å²) in [7, 11) is 1.64. The van der Waals surface area contributed by atoms with Gasteiger partial charge in [0, 0.05) is 12.7 Å². The van der Waals surface area contributed by atoms with Crippen LogP contribution >= 0.6 is 0 Å². The van der Waals surface area contributed by atoms with Gasteiger partial charge in [0.15, 0.2) is 0 Å². The molecule has 0 spiro atoms. The maximum atomic E-state index is 12.4. The zero-order valence-electron chi connectivity index (χ0n) is 15.3. The zero-order valence-corrected chi connectivity index (χ0v) is 15.3. The number of ether oxygens (including phenoxy) is 1. The van der Waals surface area contributed by atoms with Crippen molar-refractivity contribution >= 4 is 6.03 Å². The third kappa shape index (κ3) is 5.31. The van der Waals surface area contributed by atoms with E-state index in [-0.39, 0.29) is 12.1 Å². The molecule has 0 bridgehead atoms. The van der Waals surface area contributed by atoms with E-state index in [0.717, 1.165) is 29.0 Å². The largest absolute Gasteiger partial charge is 0.497 e. The minimum atomic E-state index is -0.298. The first kappa shape index (κ1) is 18.5. The molecule has 0 aliphatic carbocycles. The molecule has 1 heterocycles. The molecule has 3 aromatic rings. The van der Waals surface area contributed by atoms with Crippen LogP contribution in [0.1, 0.15) is 22.9 Å². The third-order valence-corrected chi connectivity index (χ3v) is 4.25. The van der Waals surface area contributed by atoms with Gasteiger partial charge in [-0.15, -0.1) is 0 Å². The van der Waals surface area contributed by atoms with E-state index in [1.165, 1.54) is 0 Å². The Morgan fingerprint density at radius 1 is 1.00 bits per heavy atom. The van der Waals surface area contributed by atoms with E-state index >= 15 is 0 Å². The molecule has 0 saturated heterocycles. The van der Waals surface area contributed by atoms with Gasteiger partial charge in [0.2, 0.25) is 0 Å². The lowest BCUT2D eigenvalue weighted by Crippen LogP contribution is -2.39. The number of pyridine rings is 1. The van der Waals surface area contributed by atoms with Crippen LogP contribution in [0, 0.1) is 0 Å². The fraction of sp³-hybridized carbons (Fsp3) is 0.182. The lowest BCUT2D eigenvalue weighted by Gasteiger charge is -2.19. The summed E-state index contributed by atoms with van der Waals surface area (Å²) in [6, 6.07) is 22.8. The van der Waals surface area contributed by atoms with Gasteiger partial charge >= 0.3 is 6.03 Å². The number of rotatable bonds is 7. The Morgan fingerprint density at radius 2 is 1.74 bits per heavy atom. The number of urea groups is 1. The summed E-state index contributed by atoms with van der Waals surface area (Å²) in [5.74, 6) is 0.825. The molecule has 2 aromatic carbocycles. The van der Waals surface area contributed by atoms with E-state index in [0.29, 0.717) is 6.54 Å². The Kier molecular flexibility index (Phi) is 6.41. The number of hydrogen-bond acceptors (Lipinski definition) is 3. The van der Waals surface area contributed by atoms with Gasteiger partial charge in [0.05, 0.1) is 18.8 Å². The third-order valence-electron chi connectivity index (χ3n) is 4.25. The van der Waals surface area contributed by atoms with Gasteiger partial charge in [0.1, 0.15) is 5.75 Å². The Bertz CT molecular complexity index is 797. The van der Waals surface area contributed by atoms with Crippen molar-refractivity contribution in [3.63, 3.8) is 0 Å². The van der Waals surface area contributed by atoms with Crippen LogP contribution in [0.4, 0.5) is 4.79 Å². The SMILES string of the molecule is COc1ccc(CCNC(=O)N[C@@H](c2ccccc2)c2ccccn2)cc1. The minimum Gasteiger partial charge on any atom is -0.497 e. The molecular weight excluding hydrogens is 338 g/mol. The monoisotopic (exact) mass is 361 g/mol. The lowest BCUT2D eigenvalue weighted by molar-refractivity contribution is 0.238. The second-order valence-electron chi connectivity index (χ2n) is 6.10. The first-order valence-electron chi connectivity index (χ1n) is 8.89. The van der Waals surface area contributed by atoms with Crippen molar-refractivity contribution in [3.05, 3.63) is 95.8 Å². The highest BCUT2D eigenvalue weighted by Gasteiger charge is 2.17. The van der Waals surface area contributed by atoms with Crippen molar-refractivity contribution in [2.24, 2.45) is 0 Å². The van der Waals surface area contributed by atoms with Crippen molar-refractivity contribution in [1.82, 2.24) is 15.6 Å². The smallest absolute Gasteiger partial charge is 0.315 e. The van der Waals surface area contributed by atoms with Crippen molar-refractivity contribution < 1.29 is 9.53 Å². The predicted molar refractivity (Wildman–Crippen MR) is 106 cm³/mol. The topological polar surface area (TPSA) is 63.2 Å². The van der Waals surface area contributed by atoms with Gasteiger partial charge in [-0.25, -0.2) is 4.79 Å². The molecule has 1 aromatic heterocycles. The van der Waals surface area contributed by atoms with Crippen LogP contribution in [0.3, 0.4) is 0 Å². The molecule has 0 saturated carbocycles. The highest BCUT2D eigenvalue weighted by molar-refractivity contribution is 5.75. The molecule has 0 fully saturated rings. The number of aromatic nitrogens is 1. The molecule has 2 N–H and O–H groups in total. The molecule has 5 nitrogen and oxygen atoms in total. The van der Waals surface area contributed by atoms with Crippen LogP contribution in [0.25, 0.3) is 0 Å². The summed E-state index contributed by atoms with van der Waals surface area (Å²) in [5, 5.41) is 5.94. The van der Waals surface area contributed by atoms with Crippen molar-refractivity contribution in [3.8, 4) is 5.75 Å². The van der Waals surface area contributed by atoms with Crippen molar-refractivity contribution in [1.29, 1.82) is 0 Å². The van der Waals surface area contributed by atoms with Crippen LogP contribution in [0.5, 0.6) is 5.75 Å². The number of carbonyl (C=O) groups excluding carboxylic acids is 1. The highest BCUT2D eigenvalue weighted by Crippen LogP contribution is 2.19. The molecule has 138 valence electrons. The van der Waals surface area contributed by atoms with Gasteiger partial charge in [-0.3, -0.25) is 4.98 Å². The lowest BCUT2D eigenvalue weighted by atomic mass is 10.0. The second-order valence-corrected chi connectivity index (χ2v) is 6.10. The summed E-state index contributed by atoms with van der Waals surface area (Å²) >= 11 is 0.